The normalized spacial score (nSPS) is 14.4. The van der Waals surface area contributed by atoms with Crippen LogP contribution in [0.25, 0.3) is 11.3 Å². The first-order valence-corrected chi connectivity index (χ1v) is 11.0. The van der Waals surface area contributed by atoms with Crippen molar-refractivity contribution < 1.29 is 4.79 Å². The molecule has 0 atom stereocenters. The smallest absolute Gasteiger partial charge is 0.256 e. The van der Waals surface area contributed by atoms with Gasteiger partial charge >= 0.3 is 0 Å². The van der Waals surface area contributed by atoms with E-state index in [4.69, 9.17) is 0 Å². The molecule has 0 unspecified atom stereocenters. The number of amides is 1. The first-order chi connectivity index (χ1) is 15.5. The molecule has 1 amide bonds. The molecule has 0 spiro atoms. The first-order valence-electron chi connectivity index (χ1n) is 11.0. The topological polar surface area (TPSA) is 93.0 Å². The summed E-state index contributed by atoms with van der Waals surface area (Å²) in [5.41, 5.74) is 3.22. The second kappa shape index (κ2) is 9.72. The number of nitrogens with one attached hydrogen (secondary N) is 1. The molecule has 1 aliphatic heterocycles. The predicted octanol–water partition coefficient (Wildman–Crippen LogP) is 2.35. The molecule has 3 heterocycles. The van der Waals surface area contributed by atoms with Crippen molar-refractivity contribution in [3.8, 4) is 11.3 Å². The molecule has 1 N–H and O–H groups in total. The van der Waals surface area contributed by atoms with Gasteiger partial charge in [-0.3, -0.25) is 14.2 Å². The maximum Gasteiger partial charge on any atom is 0.256 e. The third kappa shape index (κ3) is 4.85. The van der Waals surface area contributed by atoms with E-state index in [1.807, 2.05) is 49.4 Å². The molecule has 1 fully saturated rings. The Bertz CT molecular complexity index is 1120. The van der Waals surface area contributed by atoms with Crippen molar-refractivity contribution in [1.29, 1.82) is 0 Å². The first kappa shape index (κ1) is 21.7. The van der Waals surface area contributed by atoms with Gasteiger partial charge in [0.05, 0.1) is 12.0 Å². The van der Waals surface area contributed by atoms with E-state index < -0.39 is 0 Å². The van der Waals surface area contributed by atoms with E-state index in [0.29, 0.717) is 18.7 Å². The summed E-state index contributed by atoms with van der Waals surface area (Å²) in [4.78, 5) is 31.2. The Morgan fingerprint density at radius 3 is 2.50 bits per heavy atom. The van der Waals surface area contributed by atoms with Crippen LogP contribution in [0.15, 0.2) is 53.6 Å². The lowest BCUT2D eigenvalue weighted by Gasteiger charge is -2.31. The Morgan fingerprint density at radius 2 is 1.81 bits per heavy atom. The molecule has 0 radical (unpaired) electrons. The van der Waals surface area contributed by atoms with Gasteiger partial charge in [0.25, 0.3) is 5.56 Å². The molecule has 4 rings (SSSR count). The van der Waals surface area contributed by atoms with Crippen LogP contribution in [0.1, 0.15) is 24.1 Å². The Labute approximate surface area is 187 Å². The van der Waals surface area contributed by atoms with Gasteiger partial charge < -0.3 is 10.2 Å². The van der Waals surface area contributed by atoms with Gasteiger partial charge in [-0.15, -0.1) is 10.2 Å². The van der Waals surface area contributed by atoms with Crippen molar-refractivity contribution in [1.82, 2.24) is 25.1 Å². The fourth-order valence-electron chi connectivity index (χ4n) is 3.91. The molecule has 0 saturated carbocycles. The average molecular weight is 433 g/mol. The molecule has 2 aromatic heterocycles. The number of benzene rings is 1. The van der Waals surface area contributed by atoms with Gasteiger partial charge in [-0.1, -0.05) is 30.3 Å². The highest BCUT2D eigenvalue weighted by Gasteiger charge is 2.25. The number of aryl methyl sites for hydroxylation is 1. The summed E-state index contributed by atoms with van der Waals surface area (Å²) in [6.07, 6.45) is 3.07. The highest BCUT2D eigenvalue weighted by molar-refractivity contribution is 5.78. The third-order valence-corrected chi connectivity index (χ3v) is 6.08. The maximum absolute atomic E-state index is 12.6. The number of hydrogen-bond acceptors (Lipinski definition) is 6. The highest BCUT2D eigenvalue weighted by Crippen LogP contribution is 2.23. The molecule has 0 bridgehead atoms. The summed E-state index contributed by atoms with van der Waals surface area (Å²) in [6, 6.07) is 14.0. The number of carbonyl (C=O) groups is 1. The Kier molecular flexibility index (Phi) is 6.58. The summed E-state index contributed by atoms with van der Waals surface area (Å²) in [6.45, 7) is 5.94. The van der Waals surface area contributed by atoms with Crippen LogP contribution in [0.3, 0.4) is 0 Å². The molecule has 1 saturated heterocycles. The molecule has 8 nitrogen and oxygen atoms in total. The largest absolute Gasteiger partial charge is 0.355 e. The predicted molar refractivity (Wildman–Crippen MR) is 123 cm³/mol. The third-order valence-electron chi connectivity index (χ3n) is 6.08. The fourth-order valence-corrected chi connectivity index (χ4v) is 3.91. The summed E-state index contributed by atoms with van der Waals surface area (Å²) in [7, 11) is 0. The van der Waals surface area contributed by atoms with E-state index in [-0.39, 0.29) is 17.4 Å². The molecule has 3 aromatic rings. The number of hydrogen-bond donors (Lipinski definition) is 1. The van der Waals surface area contributed by atoms with Gasteiger partial charge in [-0.05, 0) is 38.8 Å². The van der Waals surface area contributed by atoms with Crippen molar-refractivity contribution in [2.45, 2.75) is 33.2 Å². The molecule has 0 aliphatic carbocycles. The molecule has 8 heteroatoms. The number of nitrogens with zero attached hydrogens (tertiary/aromatic N) is 5. The van der Waals surface area contributed by atoms with Gasteiger partial charge in [0.2, 0.25) is 5.91 Å². The average Bonchev–Trinajstić information content (AvgIpc) is 2.85. The van der Waals surface area contributed by atoms with Crippen LogP contribution < -0.4 is 15.8 Å². The lowest BCUT2D eigenvalue weighted by atomic mass is 9.96. The van der Waals surface area contributed by atoms with Crippen molar-refractivity contribution >= 4 is 11.7 Å². The van der Waals surface area contributed by atoms with Gasteiger partial charge in [0, 0.05) is 48.9 Å². The zero-order valence-corrected chi connectivity index (χ0v) is 18.5. The lowest BCUT2D eigenvalue weighted by molar-refractivity contribution is -0.125. The minimum absolute atomic E-state index is 0.0302. The van der Waals surface area contributed by atoms with Gasteiger partial charge in [-0.2, -0.15) is 0 Å². The Morgan fingerprint density at radius 1 is 1.06 bits per heavy atom. The van der Waals surface area contributed by atoms with E-state index in [0.717, 1.165) is 48.7 Å². The van der Waals surface area contributed by atoms with Crippen LogP contribution >= 0.6 is 0 Å². The number of piperidine rings is 1. The maximum atomic E-state index is 12.6. The molecule has 1 aliphatic rings. The second-order valence-corrected chi connectivity index (χ2v) is 8.15. The minimum Gasteiger partial charge on any atom is -0.355 e. The standard InChI is InChI=1S/C24H28N6O2/c1-17-18(2)26-16-30(24(17)32)15-12-25-23(31)20-10-13-29(14-11-20)22-9-8-21(27-28-22)19-6-4-3-5-7-19/h3-9,16,20H,10-15H2,1-2H3,(H,25,31). The molecule has 1 aromatic carbocycles. The number of anilines is 1. The highest BCUT2D eigenvalue weighted by atomic mass is 16.2. The zero-order chi connectivity index (χ0) is 22.5. The molecular weight excluding hydrogens is 404 g/mol. The molecular formula is C24H28N6O2. The Hall–Kier alpha value is -3.55. The van der Waals surface area contributed by atoms with E-state index in [2.05, 4.69) is 25.4 Å². The van der Waals surface area contributed by atoms with E-state index in [1.54, 1.807) is 17.8 Å². The quantitative estimate of drug-likeness (QED) is 0.643. The number of carbonyl (C=O) groups excluding carboxylic acids is 1. The fraction of sp³-hybridized carbons (Fsp3) is 0.375. The zero-order valence-electron chi connectivity index (χ0n) is 18.5. The Balaban J connectivity index is 1.26. The number of rotatable bonds is 6. The van der Waals surface area contributed by atoms with Gasteiger partial charge in [0.1, 0.15) is 0 Å². The van der Waals surface area contributed by atoms with Crippen LogP contribution in [0, 0.1) is 19.8 Å². The van der Waals surface area contributed by atoms with Crippen LogP contribution in [0.5, 0.6) is 0 Å². The summed E-state index contributed by atoms with van der Waals surface area (Å²) in [5, 5.41) is 11.7. The molecule has 32 heavy (non-hydrogen) atoms. The summed E-state index contributed by atoms with van der Waals surface area (Å²) >= 11 is 0. The van der Waals surface area contributed by atoms with Crippen molar-refractivity contribution in [2.24, 2.45) is 5.92 Å². The second-order valence-electron chi connectivity index (χ2n) is 8.15. The van der Waals surface area contributed by atoms with E-state index in [9.17, 15) is 9.59 Å². The van der Waals surface area contributed by atoms with Crippen LogP contribution in [0.4, 0.5) is 5.82 Å². The van der Waals surface area contributed by atoms with Crippen molar-refractivity contribution in [2.75, 3.05) is 24.5 Å². The van der Waals surface area contributed by atoms with E-state index >= 15 is 0 Å². The van der Waals surface area contributed by atoms with E-state index in [1.165, 1.54) is 0 Å². The van der Waals surface area contributed by atoms with Crippen molar-refractivity contribution in [3.05, 3.63) is 70.4 Å². The van der Waals surface area contributed by atoms with Crippen LogP contribution in [0.2, 0.25) is 0 Å². The van der Waals surface area contributed by atoms with Gasteiger partial charge in [0.15, 0.2) is 5.82 Å². The lowest BCUT2D eigenvalue weighted by Crippen LogP contribution is -2.42. The SMILES string of the molecule is Cc1ncn(CCNC(=O)C2CCN(c3ccc(-c4ccccc4)nn3)CC2)c(=O)c1C. The monoisotopic (exact) mass is 432 g/mol. The molecule has 166 valence electrons. The van der Waals surface area contributed by atoms with Crippen LogP contribution in [-0.4, -0.2) is 45.3 Å². The van der Waals surface area contributed by atoms with Crippen LogP contribution in [-0.2, 0) is 11.3 Å². The number of aromatic nitrogens is 4. The van der Waals surface area contributed by atoms with Crippen molar-refractivity contribution in [3.63, 3.8) is 0 Å². The summed E-state index contributed by atoms with van der Waals surface area (Å²) in [5.74, 6) is 0.850. The van der Waals surface area contributed by atoms with Gasteiger partial charge in [-0.25, -0.2) is 4.98 Å². The summed E-state index contributed by atoms with van der Waals surface area (Å²) < 4.78 is 1.54. The minimum atomic E-state index is -0.0561.